The van der Waals surface area contributed by atoms with Crippen LogP contribution in [0.3, 0.4) is 0 Å². The van der Waals surface area contributed by atoms with Crippen LogP contribution in [0.25, 0.3) is 10.6 Å². The standard InChI is InChI=1S/C26H31N3O3S/c1-31-22-10-6-19(7-11-22)24(29-14-4-3-5-15-29)17-27-25(30)16-21-18-33-26(28-21)20-8-12-23(32-2)13-9-20/h6-13,18,24H,3-5,14-17H2,1-2H3,(H,27,30)/t24-/m0/s1. The van der Waals surface area contributed by atoms with Crippen LogP contribution in [0.4, 0.5) is 0 Å². The molecule has 0 spiro atoms. The second-order valence-corrected chi connectivity index (χ2v) is 9.10. The SMILES string of the molecule is COc1ccc(-c2nc(CC(=O)NC[C@@H](c3ccc(OC)cc3)N3CCCCC3)cs2)cc1. The van der Waals surface area contributed by atoms with Crippen molar-refractivity contribution in [1.82, 2.24) is 15.2 Å². The number of likely N-dealkylation sites (tertiary alicyclic amines) is 1. The second-order valence-electron chi connectivity index (χ2n) is 8.24. The summed E-state index contributed by atoms with van der Waals surface area (Å²) in [6.45, 7) is 2.70. The maximum Gasteiger partial charge on any atom is 0.226 e. The number of methoxy groups -OCH3 is 2. The Kier molecular flexibility index (Phi) is 7.96. The number of hydrogen-bond donors (Lipinski definition) is 1. The van der Waals surface area contributed by atoms with Gasteiger partial charge in [0.15, 0.2) is 0 Å². The van der Waals surface area contributed by atoms with Gasteiger partial charge in [-0.15, -0.1) is 11.3 Å². The normalized spacial score (nSPS) is 15.1. The van der Waals surface area contributed by atoms with Gasteiger partial charge in [0.2, 0.25) is 5.91 Å². The number of carbonyl (C=O) groups is 1. The predicted octanol–water partition coefficient (Wildman–Crippen LogP) is 4.71. The number of nitrogens with zero attached hydrogens (tertiary/aromatic N) is 2. The fourth-order valence-corrected chi connectivity index (χ4v) is 5.03. The Balaban J connectivity index is 1.38. The van der Waals surface area contributed by atoms with Gasteiger partial charge in [-0.25, -0.2) is 4.98 Å². The summed E-state index contributed by atoms with van der Waals surface area (Å²) in [5, 5.41) is 6.03. The van der Waals surface area contributed by atoms with E-state index in [4.69, 9.17) is 9.47 Å². The van der Waals surface area contributed by atoms with Gasteiger partial charge >= 0.3 is 0 Å². The van der Waals surface area contributed by atoms with E-state index in [1.54, 1.807) is 25.6 Å². The lowest BCUT2D eigenvalue weighted by atomic mass is 10.0. The molecular weight excluding hydrogens is 434 g/mol. The van der Waals surface area contributed by atoms with Crippen LogP contribution in [0, 0.1) is 0 Å². The lowest BCUT2D eigenvalue weighted by Gasteiger charge is -2.35. The Bertz CT molecular complexity index is 1030. The van der Waals surface area contributed by atoms with Crippen LogP contribution in [0.15, 0.2) is 53.9 Å². The molecule has 4 rings (SSSR count). The zero-order chi connectivity index (χ0) is 23.0. The first-order valence-corrected chi connectivity index (χ1v) is 12.3. The fourth-order valence-electron chi connectivity index (χ4n) is 4.21. The second kappa shape index (κ2) is 11.3. The number of nitrogens with one attached hydrogen (secondary N) is 1. The minimum Gasteiger partial charge on any atom is -0.497 e. The van der Waals surface area contributed by atoms with Crippen LogP contribution in [-0.4, -0.2) is 49.6 Å². The van der Waals surface area contributed by atoms with E-state index in [9.17, 15) is 4.79 Å². The Morgan fingerprint density at radius 1 is 1.00 bits per heavy atom. The van der Waals surface area contributed by atoms with E-state index in [0.29, 0.717) is 6.54 Å². The maximum absolute atomic E-state index is 12.8. The first-order valence-electron chi connectivity index (χ1n) is 11.4. The Morgan fingerprint density at radius 3 is 2.27 bits per heavy atom. The third-order valence-electron chi connectivity index (χ3n) is 6.05. The fraction of sp³-hybridized carbons (Fsp3) is 0.385. The van der Waals surface area contributed by atoms with E-state index >= 15 is 0 Å². The van der Waals surface area contributed by atoms with Gasteiger partial charge < -0.3 is 14.8 Å². The average molecular weight is 466 g/mol. The molecule has 1 saturated heterocycles. The van der Waals surface area contributed by atoms with Crippen molar-refractivity contribution in [2.75, 3.05) is 33.9 Å². The molecule has 33 heavy (non-hydrogen) atoms. The largest absolute Gasteiger partial charge is 0.497 e. The van der Waals surface area contributed by atoms with Crippen LogP contribution in [-0.2, 0) is 11.2 Å². The first kappa shape index (κ1) is 23.3. The van der Waals surface area contributed by atoms with Crippen LogP contribution in [0.1, 0.15) is 36.6 Å². The summed E-state index contributed by atoms with van der Waals surface area (Å²) in [5.41, 5.74) is 3.02. The number of thiazole rings is 1. The van der Waals surface area contributed by atoms with Gasteiger partial charge in [-0.2, -0.15) is 0 Å². The van der Waals surface area contributed by atoms with Crippen LogP contribution in [0.5, 0.6) is 11.5 Å². The molecule has 1 N–H and O–H groups in total. The van der Waals surface area contributed by atoms with Crippen molar-refractivity contribution in [1.29, 1.82) is 0 Å². The molecule has 1 atom stereocenters. The van der Waals surface area contributed by atoms with Crippen LogP contribution < -0.4 is 14.8 Å². The van der Waals surface area contributed by atoms with Crippen molar-refractivity contribution >= 4 is 17.2 Å². The summed E-state index contributed by atoms with van der Waals surface area (Å²) < 4.78 is 10.5. The molecule has 1 aromatic heterocycles. The van der Waals surface area contributed by atoms with Gasteiger partial charge in [0.1, 0.15) is 16.5 Å². The van der Waals surface area contributed by atoms with Crippen LogP contribution >= 0.6 is 11.3 Å². The zero-order valence-electron chi connectivity index (χ0n) is 19.3. The first-order chi connectivity index (χ1) is 16.2. The lowest BCUT2D eigenvalue weighted by molar-refractivity contribution is -0.120. The quantitative estimate of drug-likeness (QED) is 0.496. The molecule has 0 saturated carbocycles. The molecule has 2 heterocycles. The molecule has 1 aliphatic rings. The van der Waals surface area contributed by atoms with Gasteiger partial charge in [0.25, 0.3) is 0 Å². The van der Waals surface area contributed by atoms with E-state index in [1.165, 1.54) is 24.8 Å². The molecule has 0 unspecified atom stereocenters. The molecular formula is C26H31N3O3S. The highest BCUT2D eigenvalue weighted by Gasteiger charge is 2.23. The predicted molar refractivity (Wildman–Crippen MR) is 132 cm³/mol. The number of hydrogen-bond acceptors (Lipinski definition) is 6. The van der Waals surface area contributed by atoms with E-state index in [-0.39, 0.29) is 18.4 Å². The molecule has 0 aliphatic carbocycles. The number of aromatic nitrogens is 1. The Labute approximate surface area is 199 Å². The van der Waals surface area contributed by atoms with Crippen molar-refractivity contribution < 1.29 is 14.3 Å². The Hall–Kier alpha value is -2.90. The highest BCUT2D eigenvalue weighted by molar-refractivity contribution is 7.13. The number of amides is 1. The van der Waals surface area contributed by atoms with Crippen molar-refractivity contribution in [2.45, 2.75) is 31.7 Å². The monoisotopic (exact) mass is 465 g/mol. The van der Waals surface area contributed by atoms with Gasteiger partial charge in [0.05, 0.1) is 32.4 Å². The molecule has 3 aromatic rings. The molecule has 6 nitrogen and oxygen atoms in total. The van der Waals surface area contributed by atoms with Crippen molar-refractivity contribution in [3.8, 4) is 22.1 Å². The molecule has 1 amide bonds. The molecule has 0 radical (unpaired) electrons. The third-order valence-corrected chi connectivity index (χ3v) is 7.00. The molecule has 1 fully saturated rings. The highest BCUT2D eigenvalue weighted by Crippen LogP contribution is 2.27. The molecule has 2 aromatic carbocycles. The van der Waals surface area contributed by atoms with Gasteiger partial charge in [-0.3, -0.25) is 9.69 Å². The molecule has 0 bridgehead atoms. The smallest absolute Gasteiger partial charge is 0.226 e. The van der Waals surface area contributed by atoms with Gasteiger partial charge in [-0.05, 0) is 67.9 Å². The van der Waals surface area contributed by atoms with Gasteiger partial charge in [0, 0.05) is 17.5 Å². The highest BCUT2D eigenvalue weighted by atomic mass is 32.1. The summed E-state index contributed by atoms with van der Waals surface area (Å²) in [7, 11) is 3.33. The molecule has 174 valence electrons. The Morgan fingerprint density at radius 2 is 1.64 bits per heavy atom. The van der Waals surface area contributed by atoms with Crippen LogP contribution in [0.2, 0.25) is 0 Å². The topological polar surface area (TPSA) is 63.7 Å². The van der Waals surface area contributed by atoms with E-state index < -0.39 is 0 Å². The molecule has 1 aliphatic heterocycles. The summed E-state index contributed by atoms with van der Waals surface area (Å²) in [6.07, 6.45) is 3.96. The minimum absolute atomic E-state index is 0.00268. The van der Waals surface area contributed by atoms with Gasteiger partial charge in [-0.1, -0.05) is 18.6 Å². The third kappa shape index (κ3) is 6.12. The van der Waals surface area contributed by atoms with Crippen molar-refractivity contribution in [3.63, 3.8) is 0 Å². The average Bonchev–Trinajstić information content (AvgIpc) is 3.33. The maximum atomic E-state index is 12.8. The number of rotatable bonds is 9. The summed E-state index contributed by atoms with van der Waals surface area (Å²) in [4.78, 5) is 19.9. The summed E-state index contributed by atoms with van der Waals surface area (Å²) in [6, 6.07) is 16.2. The summed E-state index contributed by atoms with van der Waals surface area (Å²) >= 11 is 1.55. The lowest BCUT2D eigenvalue weighted by Crippen LogP contribution is -2.41. The van der Waals surface area contributed by atoms with E-state index in [1.807, 2.05) is 41.8 Å². The number of piperidine rings is 1. The summed E-state index contributed by atoms with van der Waals surface area (Å²) in [5.74, 6) is 1.66. The number of ether oxygens (including phenoxy) is 2. The zero-order valence-corrected chi connectivity index (χ0v) is 20.1. The molecule has 7 heteroatoms. The van der Waals surface area contributed by atoms with Crippen molar-refractivity contribution in [2.24, 2.45) is 0 Å². The number of carbonyl (C=O) groups excluding carboxylic acids is 1. The van der Waals surface area contributed by atoms with Crippen molar-refractivity contribution in [3.05, 3.63) is 65.2 Å². The minimum atomic E-state index is -0.00268. The number of benzene rings is 2. The van der Waals surface area contributed by atoms with E-state index in [2.05, 4.69) is 27.3 Å². The van der Waals surface area contributed by atoms with E-state index in [0.717, 1.165) is 40.9 Å².